The summed E-state index contributed by atoms with van der Waals surface area (Å²) in [5.41, 5.74) is 2.84. The summed E-state index contributed by atoms with van der Waals surface area (Å²) >= 11 is 24.3. The lowest BCUT2D eigenvalue weighted by atomic mass is 9.92. The Hall–Kier alpha value is -2.77. The second-order valence-corrected chi connectivity index (χ2v) is 8.81. The summed E-state index contributed by atoms with van der Waals surface area (Å²) in [4.78, 5) is 13.7. The van der Waals surface area contributed by atoms with Crippen LogP contribution in [0.2, 0.25) is 15.1 Å². The normalized spacial score (nSPS) is 15.5. The van der Waals surface area contributed by atoms with Crippen molar-refractivity contribution in [1.29, 1.82) is 0 Å². The SMILES string of the molecule is COc1ccc(C2=C(C(=O)Nc3ccc(Cl)cc3Cl)C(c3ccccc3Cl)NC(=S)N2)cc1. The van der Waals surface area contributed by atoms with Crippen LogP contribution in [0.5, 0.6) is 5.75 Å². The number of hydrogen-bond acceptors (Lipinski definition) is 3. The van der Waals surface area contributed by atoms with Crippen molar-refractivity contribution in [3.05, 3.63) is 98.5 Å². The Balaban J connectivity index is 1.86. The number of benzene rings is 3. The van der Waals surface area contributed by atoms with Gasteiger partial charge < -0.3 is 20.7 Å². The van der Waals surface area contributed by atoms with E-state index in [-0.39, 0.29) is 5.91 Å². The molecule has 1 heterocycles. The number of ether oxygens (including phenoxy) is 1. The summed E-state index contributed by atoms with van der Waals surface area (Å²) in [6.07, 6.45) is 0. The van der Waals surface area contributed by atoms with Crippen molar-refractivity contribution >= 4 is 69.4 Å². The minimum absolute atomic E-state index is 0.323. The van der Waals surface area contributed by atoms with Gasteiger partial charge in [0.2, 0.25) is 0 Å². The van der Waals surface area contributed by atoms with Gasteiger partial charge >= 0.3 is 0 Å². The fraction of sp³-hybridized carbons (Fsp3) is 0.0833. The second-order valence-electron chi connectivity index (χ2n) is 7.15. The van der Waals surface area contributed by atoms with Crippen molar-refractivity contribution < 1.29 is 9.53 Å². The summed E-state index contributed by atoms with van der Waals surface area (Å²) in [7, 11) is 1.59. The van der Waals surface area contributed by atoms with Gasteiger partial charge in [0.1, 0.15) is 5.75 Å². The number of amides is 1. The van der Waals surface area contributed by atoms with Crippen molar-refractivity contribution in [1.82, 2.24) is 10.6 Å². The van der Waals surface area contributed by atoms with Gasteiger partial charge in [0.15, 0.2) is 5.11 Å². The van der Waals surface area contributed by atoms with E-state index in [1.54, 1.807) is 31.4 Å². The highest BCUT2D eigenvalue weighted by Gasteiger charge is 2.33. The standard InChI is InChI=1S/C24H18Cl3N3O2S/c1-32-15-9-6-13(7-10-15)21-20(23(31)28-19-11-8-14(25)12-18(19)27)22(30-24(33)29-21)16-4-2-3-5-17(16)26/h2-12,22H,1H3,(H,28,31)(H2,29,30,33). The zero-order valence-corrected chi connectivity index (χ0v) is 20.4. The van der Waals surface area contributed by atoms with Crippen LogP contribution < -0.4 is 20.7 Å². The maximum atomic E-state index is 13.7. The lowest BCUT2D eigenvalue weighted by molar-refractivity contribution is -0.113. The van der Waals surface area contributed by atoms with Crippen LogP contribution in [0.4, 0.5) is 5.69 Å². The first kappa shape index (κ1) is 23.4. The Labute approximate surface area is 211 Å². The molecule has 4 rings (SSSR count). The zero-order valence-electron chi connectivity index (χ0n) is 17.3. The van der Waals surface area contributed by atoms with Crippen LogP contribution in [0.15, 0.2) is 72.3 Å². The van der Waals surface area contributed by atoms with Gasteiger partial charge in [-0.25, -0.2) is 0 Å². The summed E-state index contributed by atoms with van der Waals surface area (Å²) < 4.78 is 5.26. The zero-order chi connectivity index (χ0) is 23.5. The van der Waals surface area contributed by atoms with Crippen LogP contribution in [-0.4, -0.2) is 18.1 Å². The maximum Gasteiger partial charge on any atom is 0.256 e. The van der Waals surface area contributed by atoms with Gasteiger partial charge in [-0.2, -0.15) is 0 Å². The molecule has 1 atom stereocenters. The van der Waals surface area contributed by atoms with E-state index in [0.29, 0.717) is 48.5 Å². The Morgan fingerprint density at radius 3 is 2.39 bits per heavy atom. The third kappa shape index (κ3) is 5.09. The first-order valence-electron chi connectivity index (χ1n) is 9.84. The van der Waals surface area contributed by atoms with Crippen LogP contribution in [0.1, 0.15) is 17.2 Å². The van der Waals surface area contributed by atoms with Crippen LogP contribution >= 0.6 is 47.0 Å². The molecular formula is C24H18Cl3N3O2S. The van der Waals surface area contributed by atoms with Crippen LogP contribution in [0, 0.1) is 0 Å². The van der Waals surface area contributed by atoms with E-state index in [2.05, 4.69) is 16.0 Å². The Bertz CT molecular complexity index is 1260. The third-order valence-electron chi connectivity index (χ3n) is 5.09. The van der Waals surface area contributed by atoms with Gasteiger partial charge in [0, 0.05) is 10.0 Å². The molecule has 0 spiro atoms. The lowest BCUT2D eigenvalue weighted by Crippen LogP contribution is -2.45. The van der Waals surface area contributed by atoms with Gasteiger partial charge in [0.05, 0.1) is 35.1 Å². The molecule has 0 saturated carbocycles. The number of halogens is 3. The van der Waals surface area contributed by atoms with Crippen LogP contribution in [0.25, 0.3) is 5.70 Å². The molecule has 3 aromatic rings. The predicted molar refractivity (Wildman–Crippen MR) is 138 cm³/mol. The molecule has 3 aromatic carbocycles. The molecular weight excluding hydrogens is 501 g/mol. The van der Waals surface area contributed by atoms with Crippen molar-refractivity contribution in [2.24, 2.45) is 0 Å². The smallest absolute Gasteiger partial charge is 0.256 e. The maximum absolute atomic E-state index is 13.7. The van der Waals surface area contributed by atoms with Gasteiger partial charge in [-0.15, -0.1) is 0 Å². The number of methoxy groups -OCH3 is 1. The van der Waals surface area contributed by atoms with Crippen molar-refractivity contribution in [3.63, 3.8) is 0 Å². The number of carbonyl (C=O) groups excluding carboxylic acids is 1. The summed E-state index contributed by atoms with van der Waals surface area (Å²) in [5, 5.41) is 10.9. The molecule has 0 aliphatic carbocycles. The monoisotopic (exact) mass is 517 g/mol. The molecule has 9 heteroatoms. The second kappa shape index (κ2) is 10.0. The van der Waals surface area contributed by atoms with E-state index in [9.17, 15) is 4.79 Å². The largest absolute Gasteiger partial charge is 0.497 e. The number of anilines is 1. The van der Waals surface area contributed by atoms with Crippen molar-refractivity contribution in [3.8, 4) is 5.75 Å². The highest BCUT2D eigenvalue weighted by atomic mass is 35.5. The summed E-state index contributed by atoms with van der Waals surface area (Å²) in [6.45, 7) is 0. The molecule has 33 heavy (non-hydrogen) atoms. The van der Waals surface area contributed by atoms with Gasteiger partial charge in [-0.3, -0.25) is 4.79 Å². The molecule has 1 amide bonds. The first-order valence-corrected chi connectivity index (χ1v) is 11.4. The van der Waals surface area contributed by atoms with E-state index in [1.807, 2.05) is 42.5 Å². The molecule has 1 aliphatic rings. The van der Waals surface area contributed by atoms with E-state index in [1.165, 1.54) is 0 Å². The molecule has 168 valence electrons. The van der Waals surface area contributed by atoms with E-state index >= 15 is 0 Å². The number of carbonyl (C=O) groups is 1. The Morgan fingerprint density at radius 2 is 1.73 bits per heavy atom. The average molecular weight is 519 g/mol. The Morgan fingerprint density at radius 1 is 1.00 bits per heavy atom. The van der Waals surface area contributed by atoms with E-state index < -0.39 is 6.04 Å². The van der Waals surface area contributed by atoms with E-state index in [0.717, 1.165) is 5.56 Å². The minimum Gasteiger partial charge on any atom is -0.497 e. The molecule has 0 saturated heterocycles. The van der Waals surface area contributed by atoms with Crippen LogP contribution in [-0.2, 0) is 4.79 Å². The topological polar surface area (TPSA) is 62.4 Å². The number of rotatable bonds is 5. The summed E-state index contributed by atoms with van der Waals surface area (Å²) in [5.74, 6) is 0.315. The molecule has 1 unspecified atom stereocenters. The molecule has 1 aliphatic heterocycles. The number of nitrogens with one attached hydrogen (secondary N) is 3. The first-order chi connectivity index (χ1) is 15.9. The average Bonchev–Trinajstić information content (AvgIpc) is 2.80. The predicted octanol–water partition coefficient (Wildman–Crippen LogP) is 6.22. The summed E-state index contributed by atoms with van der Waals surface area (Å²) in [6, 6.07) is 18.9. The van der Waals surface area contributed by atoms with Crippen molar-refractivity contribution in [2.75, 3.05) is 12.4 Å². The van der Waals surface area contributed by atoms with Crippen LogP contribution in [0.3, 0.4) is 0 Å². The van der Waals surface area contributed by atoms with Gasteiger partial charge in [-0.05, 0) is 71.9 Å². The van der Waals surface area contributed by atoms with E-state index in [4.69, 9.17) is 51.8 Å². The Kier molecular flexibility index (Phi) is 7.10. The molecule has 0 bridgehead atoms. The highest BCUT2D eigenvalue weighted by molar-refractivity contribution is 7.80. The lowest BCUT2D eigenvalue weighted by Gasteiger charge is -2.32. The molecule has 3 N–H and O–H groups in total. The molecule has 0 aromatic heterocycles. The van der Waals surface area contributed by atoms with Gasteiger partial charge in [0.25, 0.3) is 5.91 Å². The minimum atomic E-state index is -0.601. The highest BCUT2D eigenvalue weighted by Crippen LogP contribution is 2.36. The molecule has 0 fully saturated rings. The number of hydrogen-bond donors (Lipinski definition) is 3. The fourth-order valence-electron chi connectivity index (χ4n) is 3.52. The van der Waals surface area contributed by atoms with Gasteiger partial charge in [-0.1, -0.05) is 53.0 Å². The van der Waals surface area contributed by atoms with Crippen molar-refractivity contribution in [2.45, 2.75) is 6.04 Å². The fourth-order valence-corrected chi connectivity index (χ4v) is 4.44. The number of thiocarbonyl (C=S) groups is 1. The molecule has 5 nitrogen and oxygen atoms in total. The quantitative estimate of drug-likeness (QED) is 0.350. The third-order valence-corrected chi connectivity index (χ3v) is 6.20. The molecule has 0 radical (unpaired) electrons.